The average molecular weight is 401 g/mol. The number of piperidine rings is 1. The van der Waals surface area contributed by atoms with Gasteiger partial charge < -0.3 is 5.32 Å². The number of carbonyl (C=O) groups excluding carboxylic acids is 1. The maximum Gasteiger partial charge on any atom is 0.242 e. The number of anilines is 1. The molecule has 1 saturated heterocycles. The minimum absolute atomic E-state index is 0.0386. The molecule has 3 heterocycles. The Kier molecular flexibility index (Phi) is 5.38. The number of aromatic nitrogens is 2. The molecule has 27 heavy (non-hydrogen) atoms. The zero-order chi connectivity index (χ0) is 18.8. The fourth-order valence-corrected chi connectivity index (χ4v) is 4.69. The lowest BCUT2D eigenvalue weighted by atomic mass is 9.96. The van der Waals surface area contributed by atoms with Crippen LogP contribution in [-0.4, -0.2) is 39.9 Å². The molecule has 5 nitrogen and oxygen atoms in total. The SMILES string of the molecule is C[C@H](C(=O)Nc1ccc(Cl)cn1)N1CCC(c2nc3ccccc3s2)CC1. The third-order valence-electron chi connectivity index (χ3n) is 5.10. The van der Waals surface area contributed by atoms with E-state index in [1.54, 1.807) is 23.5 Å². The number of benzene rings is 1. The molecule has 1 fully saturated rings. The second kappa shape index (κ2) is 7.92. The van der Waals surface area contributed by atoms with E-state index in [0.717, 1.165) is 31.4 Å². The van der Waals surface area contributed by atoms with Crippen molar-refractivity contribution in [3.8, 4) is 0 Å². The number of thiazole rings is 1. The van der Waals surface area contributed by atoms with E-state index >= 15 is 0 Å². The molecule has 0 saturated carbocycles. The quantitative estimate of drug-likeness (QED) is 0.697. The summed E-state index contributed by atoms with van der Waals surface area (Å²) in [7, 11) is 0. The molecule has 0 aliphatic carbocycles. The van der Waals surface area contributed by atoms with Crippen LogP contribution in [0.1, 0.15) is 30.7 Å². The van der Waals surface area contributed by atoms with Crippen LogP contribution >= 0.6 is 22.9 Å². The van der Waals surface area contributed by atoms with Crippen LogP contribution in [0.3, 0.4) is 0 Å². The van der Waals surface area contributed by atoms with Crippen LogP contribution in [0.5, 0.6) is 0 Å². The molecule has 0 spiro atoms. The Balaban J connectivity index is 1.35. The van der Waals surface area contributed by atoms with Gasteiger partial charge in [-0.15, -0.1) is 11.3 Å². The molecule has 1 aliphatic heterocycles. The summed E-state index contributed by atoms with van der Waals surface area (Å²) in [4.78, 5) is 23.7. The number of carbonyl (C=O) groups is 1. The molecule has 3 aromatic rings. The number of hydrogen-bond acceptors (Lipinski definition) is 5. The molecular formula is C20H21ClN4OS. The zero-order valence-electron chi connectivity index (χ0n) is 15.1. The molecule has 0 unspecified atom stereocenters. The van der Waals surface area contributed by atoms with Gasteiger partial charge in [0.15, 0.2) is 0 Å². The van der Waals surface area contributed by atoms with E-state index in [-0.39, 0.29) is 11.9 Å². The average Bonchev–Trinajstić information content (AvgIpc) is 3.13. The van der Waals surface area contributed by atoms with Gasteiger partial charge in [0.1, 0.15) is 5.82 Å². The van der Waals surface area contributed by atoms with Gasteiger partial charge >= 0.3 is 0 Å². The van der Waals surface area contributed by atoms with Crippen molar-refractivity contribution >= 4 is 44.9 Å². The van der Waals surface area contributed by atoms with Crippen molar-refractivity contribution in [1.82, 2.24) is 14.9 Å². The predicted molar refractivity (Wildman–Crippen MR) is 111 cm³/mol. The molecule has 4 rings (SSSR count). The minimum Gasteiger partial charge on any atom is -0.309 e. The number of rotatable bonds is 4. The number of halogens is 1. The van der Waals surface area contributed by atoms with Crippen LogP contribution in [-0.2, 0) is 4.79 Å². The Morgan fingerprint density at radius 2 is 2.04 bits per heavy atom. The fourth-order valence-electron chi connectivity index (χ4n) is 3.44. The van der Waals surface area contributed by atoms with E-state index in [4.69, 9.17) is 16.6 Å². The van der Waals surface area contributed by atoms with E-state index in [2.05, 4.69) is 33.4 Å². The van der Waals surface area contributed by atoms with Gasteiger partial charge in [0, 0.05) is 12.1 Å². The molecule has 1 atom stereocenters. The topological polar surface area (TPSA) is 58.1 Å². The Morgan fingerprint density at radius 1 is 1.26 bits per heavy atom. The fraction of sp³-hybridized carbons (Fsp3) is 0.350. The largest absolute Gasteiger partial charge is 0.309 e. The first kappa shape index (κ1) is 18.3. The first-order valence-corrected chi connectivity index (χ1v) is 10.3. The second-order valence-electron chi connectivity index (χ2n) is 6.86. The van der Waals surface area contributed by atoms with Crippen LogP contribution in [0.25, 0.3) is 10.2 Å². The van der Waals surface area contributed by atoms with Gasteiger partial charge in [-0.25, -0.2) is 9.97 Å². The summed E-state index contributed by atoms with van der Waals surface area (Å²) in [5, 5.41) is 4.64. The number of pyridine rings is 1. The molecule has 2 aromatic heterocycles. The van der Waals surface area contributed by atoms with E-state index < -0.39 is 0 Å². The predicted octanol–water partition coefficient (Wildman–Crippen LogP) is 4.55. The van der Waals surface area contributed by atoms with Gasteiger partial charge in [0.25, 0.3) is 0 Å². The van der Waals surface area contributed by atoms with Crippen LogP contribution < -0.4 is 5.32 Å². The Bertz CT molecular complexity index is 902. The van der Waals surface area contributed by atoms with Gasteiger partial charge in [-0.1, -0.05) is 23.7 Å². The summed E-state index contributed by atoms with van der Waals surface area (Å²) in [6.07, 6.45) is 3.58. The van der Waals surface area contributed by atoms with Crippen molar-refractivity contribution in [3.05, 3.63) is 52.6 Å². The number of nitrogens with zero attached hydrogens (tertiary/aromatic N) is 3. The molecule has 140 valence electrons. The third-order valence-corrected chi connectivity index (χ3v) is 6.52. The number of nitrogens with one attached hydrogen (secondary N) is 1. The van der Waals surface area contributed by atoms with Crippen molar-refractivity contribution in [3.63, 3.8) is 0 Å². The summed E-state index contributed by atoms with van der Waals surface area (Å²) >= 11 is 7.63. The van der Waals surface area contributed by atoms with Crippen LogP contribution in [0.4, 0.5) is 5.82 Å². The lowest BCUT2D eigenvalue weighted by molar-refractivity contribution is -0.121. The molecule has 1 amide bonds. The number of hydrogen-bond donors (Lipinski definition) is 1. The van der Waals surface area contributed by atoms with Crippen LogP contribution in [0.15, 0.2) is 42.6 Å². The highest BCUT2D eigenvalue weighted by molar-refractivity contribution is 7.18. The van der Waals surface area contributed by atoms with Gasteiger partial charge in [-0.3, -0.25) is 9.69 Å². The van der Waals surface area contributed by atoms with Crippen LogP contribution in [0, 0.1) is 0 Å². The monoisotopic (exact) mass is 400 g/mol. The highest BCUT2D eigenvalue weighted by atomic mass is 35.5. The van der Waals surface area contributed by atoms with Crippen molar-refractivity contribution < 1.29 is 4.79 Å². The van der Waals surface area contributed by atoms with E-state index in [1.807, 2.05) is 13.0 Å². The summed E-state index contributed by atoms with van der Waals surface area (Å²) in [5.74, 6) is 0.968. The molecule has 0 bridgehead atoms. The number of fused-ring (bicyclic) bond motifs is 1. The Labute approximate surface area is 167 Å². The first-order valence-electron chi connectivity index (χ1n) is 9.12. The highest BCUT2D eigenvalue weighted by Crippen LogP contribution is 2.34. The van der Waals surface area contributed by atoms with Crippen molar-refractivity contribution in [2.75, 3.05) is 18.4 Å². The highest BCUT2D eigenvalue weighted by Gasteiger charge is 2.28. The summed E-state index contributed by atoms with van der Waals surface area (Å²) in [6, 6.07) is 11.5. The van der Waals surface area contributed by atoms with Crippen molar-refractivity contribution in [2.45, 2.75) is 31.7 Å². The summed E-state index contributed by atoms with van der Waals surface area (Å²) in [6.45, 7) is 3.73. The smallest absolute Gasteiger partial charge is 0.242 e. The standard InChI is InChI=1S/C20H21ClN4OS/c1-13(19(26)24-18-7-6-15(21)12-22-18)25-10-8-14(9-11-25)20-23-16-4-2-3-5-17(16)27-20/h2-7,12-14H,8-11H2,1H3,(H,22,24,26)/t13-/m1/s1. The third kappa shape index (κ3) is 4.13. The van der Waals surface area contributed by atoms with Gasteiger partial charge in [0.05, 0.1) is 26.3 Å². The molecule has 1 N–H and O–H groups in total. The molecule has 7 heteroatoms. The van der Waals surface area contributed by atoms with E-state index in [9.17, 15) is 4.79 Å². The van der Waals surface area contributed by atoms with Gasteiger partial charge in [-0.05, 0) is 57.1 Å². The molecular weight excluding hydrogens is 380 g/mol. The lowest BCUT2D eigenvalue weighted by Gasteiger charge is -2.34. The van der Waals surface area contributed by atoms with Gasteiger partial charge in [-0.2, -0.15) is 0 Å². The number of amides is 1. The molecule has 1 aromatic carbocycles. The number of likely N-dealkylation sites (tertiary alicyclic amines) is 1. The minimum atomic E-state index is -0.196. The lowest BCUT2D eigenvalue weighted by Crippen LogP contribution is -2.45. The van der Waals surface area contributed by atoms with E-state index in [1.165, 1.54) is 15.9 Å². The summed E-state index contributed by atoms with van der Waals surface area (Å²) < 4.78 is 1.25. The van der Waals surface area contributed by atoms with E-state index in [0.29, 0.717) is 16.8 Å². The molecule has 1 aliphatic rings. The van der Waals surface area contributed by atoms with Gasteiger partial charge in [0.2, 0.25) is 5.91 Å². The van der Waals surface area contributed by atoms with Crippen molar-refractivity contribution in [2.24, 2.45) is 0 Å². The maximum absolute atomic E-state index is 12.5. The van der Waals surface area contributed by atoms with Crippen molar-refractivity contribution in [1.29, 1.82) is 0 Å². The maximum atomic E-state index is 12.5. The Morgan fingerprint density at radius 3 is 2.74 bits per heavy atom. The normalized spacial score (nSPS) is 17.1. The van der Waals surface area contributed by atoms with Crippen LogP contribution in [0.2, 0.25) is 5.02 Å². The second-order valence-corrected chi connectivity index (χ2v) is 8.36. The zero-order valence-corrected chi connectivity index (χ0v) is 16.6. The summed E-state index contributed by atoms with van der Waals surface area (Å²) in [5.41, 5.74) is 1.09. The number of para-hydroxylation sites is 1. The first-order chi connectivity index (χ1) is 13.1. The Hall–Kier alpha value is -2.02. The molecule has 0 radical (unpaired) electrons.